The number of rotatable bonds is 3. The molecule has 2 fully saturated rings. The SMILES string of the molecule is O=C(Cc1ccc[nH]1)N1CCCN(C(=O)C2CCCO2)CC1. The van der Waals surface area contributed by atoms with E-state index >= 15 is 0 Å². The minimum atomic E-state index is -0.263. The van der Waals surface area contributed by atoms with E-state index < -0.39 is 0 Å². The molecule has 1 aromatic heterocycles. The molecular weight excluding hydrogens is 282 g/mol. The molecule has 0 spiro atoms. The summed E-state index contributed by atoms with van der Waals surface area (Å²) in [4.78, 5) is 31.5. The van der Waals surface area contributed by atoms with Crippen molar-refractivity contribution in [3.63, 3.8) is 0 Å². The molecule has 1 atom stereocenters. The van der Waals surface area contributed by atoms with Crippen LogP contribution >= 0.6 is 0 Å². The molecule has 1 N–H and O–H groups in total. The lowest BCUT2D eigenvalue weighted by Crippen LogP contribution is -2.42. The van der Waals surface area contributed by atoms with Gasteiger partial charge in [0.05, 0.1) is 6.42 Å². The van der Waals surface area contributed by atoms with E-state index in [4.69, 9.17) is 4.74 Å². The summed E-state index contributed by atoms with van der Waals surface area (Å²) in [5.74, 6) is 0.213. The zero-order valence-corrected chi connectivity index (χ0v) is 12.8. The molecule has 6 nitrogen and oxygen atoms in total. The summed E-state index contributed by atoms with van der Waals surface area (Å²) in [7, 11) is 0. The molecule has 0 aliphatic carbocycles. The summed E-state index contributed by atoms with van der Waals surface area (Å²) in [5, 5.41) is 0. The summed E-state index contributed by atoms with van der Waals surface area (Å²) in [6.45, 7) is 3.33. The molecule has 0 radical (unpaired) electrons. The third-order valence-electron chi connectivity index (χ3n) is 4.37. The molecule has 1 aromatic rings. The van der Waals surface area contributed by atoms with Crippen molar-refractivity contribution in [2.45, 2.75) is 31.8 Å². The number of ether oxygens (including phenoxy) is 1. The van der Waals surface area contributed by atoms with Crippen LogP contribution in [0.3, 0.4) is 0 Å². The van der Waals surface area contributed by atoms with Gasteiger partial charge in [-0.3, -0.25) is 9.59 Å². The van der Waals surface area contributed by atoms with Crippen LogP contribution in [-0.4, -0.2) is 65.5 Å². The van der Waals surface area contributed by atoms with E-state index in [-0.39, 0.29) is 17.9 Å². The van der Waals surface area contributed by atoms with Crippen LogP contribution in [0, 0.1) is 0 Å². The third-order valence-corrected chi connectivity index (χ3v) is 4.37. The number of aromatic amines is 1. The van der Waals surface area contributed by atoms with Gasteiger partial charge in [0.2, 0.25) is 5.91 Å². The lowest BCUT2D eigenvalue weighted by atomic mass is 10.2. The van der Waals surface area contributed by atoms with Crippen LogP contribution in [0.15, 0.2) is 18.3 Å². The molecule has 1 unspecified atom stereocenters. The maximum Gasteiger partial charge on any atom is 0.251 e. The van der Waals surface area contributed by atoms with Gasteiger partial charge in [-0.05, 0) is 31.4 Å². The van der Waals surface area contributed by atoms with Crippen LogP contribution in [0.25, 0.3) is 0 Å². The van der Waals surface area contributed by atoms with Crippen molar-refractivity contribution < 1.29 is 14.3 Å². The van der Waals surface area contributed by atoms with Crippen LogP contribution in [0.5, 0.6) is 0 Å². The van der Waals surface area contributed by atoms with Crippen LogP contribution in [-0.2, 0) is 20.7 Å². The lowest BCUT2D eigenvalue weighted by molar-refractivity contribution is -0.141. The van der Waals surface area contributed by atoms with E-state index in [0.29, 0.717) is 32.7 Å². The fourth-order valence-corrected chi connectivity index (χ4v) is 3.12. The van der Waals surface area contributed by atoms with Gasteiger partial charge in [0.1, 0.15) is 6.10 Å². The van der Waals surface area contributed by atoms with Crippen molar-refractivity contribution in [1.82, 2.24) is 14.8 Å². The van der Waals surface area contributed by atoms with Crippen molar-refractivity contribution in [1.29, 1.82) is 0 Å². The van der Waals surface area contributed by atoms with E-state index in [1.54, 1.807) is 0 Å². The molecule has 6 heteroatoms. The molecule has 120 valence electrons. The smallest absolute Gasteiger partial charge is 0.251 e. The third kappa shape index (κ3) is 3.50. The van der Waals surface area contributed by atoms with E-state index in [0.717, 1.165) is 31.5 Å². The monoisotopic (exact) mass is 305 g/mol. The molecule has 2 amide bonds. The Balaban J connectivity index is 1.53. The minimum Gasteiger partial charge on any atom is -0.368 e. The Bertz CT molecular complexity index is 509. The van der Waals surface area contributed by atoms with Crippen molar-refractivity contribution in [2.24, 2.45) is 0 Å². The van der Waals surface area contributed by atoms with Gasteiger partial charge in [-0.1, -0.05) is 0 Å². The molecule has 2 aliphatic heterocycles. The van der Waals surface area contributed by atoms with Gasteiger partial charge >= 0.3 is 0 Å². The number of hydrogen-bond acceptors (Lipinski definition) is 3. The Labute approximate surface area is 130 Å². The van der Waals surface area contributed by atoms with Gasteiger partial charge in [0.15, 0.2) is 0 Å². The highest BCUT2D eigenvalue weighted by Gasteiger charge is 2.30. The van der Waals surface area contributed by atoms with Crippen LogP contribution in [0.4, 0.5) is 0 Å². The van der Waals surface area contributed by atoms with Gasteiger partial charge < -0.3 is 19.5 Å². The highest BCUT2D eigenvalue weighted by Crippen LogP contribution is 2.16. The van der Waals surface area contributed by atoms with Gasteiger partial charge in [-0.15, -0.1) is 0 Å². The summed E-state index contributed by atoms with van der Waals surface area (Å²) in [6.07, 6.45) is 4.57. The Morgan fingerprint density at radius 3 is 2.73 bits per heavy atom. The number of hydrogen-bond donors (Lipinski definition) is 1. The average molecular weight is 305 g/mol. The molecule has 3 heterocycles. The lowest BCUT2D eigenvalue weighted by Gasteiger charge is -2.24. The normalized spacial score (nSPS) is 22.6. The zero-order chi connectivity index (χ0) is 15.4. The maximum atomic E-state index is 12.4. The maximum absolute atomic E-state index is 12.4. The molecule has 0 aromatic carbocycles. The molecular formula is C16H23N3O3. The minimum absolute atomic E-state index is 0.0937. The largest absolute Gasteiger partial charge is 0.368 e. The second-order valence-electron chi connectivity index (χ2n) is 5.93. The van der Waals surface area contributed by atoms with Crippen molar-refractivity contribution in [3.05, 3.63) is 24.0 Å². The van der Waals surface area contributed by atoms with Crippen LogP contribution in [0.1, 0.15) is 25.0 Å². The van der Waals surface area contributed by atoms with Crippen LogP contribution in [0.2, 0.25) is 0 Å². The highest BCUT2D eigenvalue weighted by atomic mass is 16.5. The fraction of sp³-hybridized carbons (Fsp3) is 0.625. The predicted octanol–water partition coefficient (Wildman–Crippen LogP) is 0.797. The van der Waals surface area contributed by atoms with Gasteiger partial charge in [-0.2, -0.15) is 0 Å². The Morgan fingerprint density at radius 1 is 1.18 bits per heavy atom. The number of H-pyrrole nitrogens is 1. The summed E-state index contributed by atoms with van der Waals surface area (Å²) >= 11 is 0. The molecule has 2 saturated heterocycles. The quantitative estimate of drug-likeness (QED) is 0.898. The van der Waals surface area contributed by atoms with E-state index in [1.165, 1.54) is 0 Å². The number of nitrogens with one attached hydrogen (secondary N) is 1. The highest BCUT2D eigenvalue weighted by molar-refractivity contribution is 5.81. The number of nitrogens with zero attached hydrogens (tertiary/aromatic N) is 2. The fourth-order valence-electron chi connectivity index (χ4n) is 3.12. The van der Waals surface area contributed by atoms with E-state index in [1.807, 2.05) is 28.1 Å². The van der Waals surface area contributed by atoms with Crippen LogP contribution < -0.4 is 0 Å². The second-order valence-corrected chi connectivity index (χ2v) is 5.93. The topological polar surface area (TPSA) is 65.6 Å². The van der Waals surface area contributed by atoms with Crippen molar-refractivity contribution >= 4 is 11.8 Å². The van der Waals surface area contributed by atoms with Crippen molar-refractivity contribution in [3.8, 4) is 0 Å². The number of aromatic nitrogens is 1. The Morgan fingerprint density at radius 2 is 2.00 bits per heavy atom. The zero-order valence-electron chi connectivity index (χ0n) is 12.8. The molecule has 3 rings (SSSR count). The molecule has 0 saturated carbocycles. The van der Waals surface area contributed by atoms with Gasteiger partial charge in [0, 0.05) is 44.7 Å². The van der Waals surface area contributed by atoms with E-state index in [9.17, 15) is 9.59 Å². The Kier molecular flexibility index (Phi) is 4.77. The first-order chi connectivity index (χ1) is 10.7. The standard InChI is InChI=1S/C16H23N3O3/c20-15(12-13-4-1-6-17-13)18-7-3-8-19(10-9-18)16(21)14-5-2-11-22-14/h1,4,6,14,17H,2-3,5,7-12H2. The summed E-state index contributed by atoms with van der Waals surface area (Å²) in [6, 6.07) is 3.82. The predicted molar refractivity (Wildman–Crippen MR) is 81.2 cm³/mol. The first-order valence-electron chi connectivity index (χ1n) is 8.04. The molecule has 0 bridgehead atoms. The van der Waals surface area contributed by atoms with Gasteiger partial charge in [-0.25, -0.2) is 0 Å². The summed E-state index contributed by atoms with van der Waals surface area (Å²) in [5.41, 5.74) is 0.932. The molecule has 2 aliphatic rings. The molecule has 22 heavy (non-hydrogen) atoms. The second kappa shape index (κ2) is 6.96. The van der Waals surface area contributed by atoms with Gasteiger partial charge in [0.25, 0.3) is 5.91 Å². The number of carbonyl (C=O) groups is 2. The first kappa shape index (κ1) is 15.1. The first-order valence-corrected chi connectivity index (χ1v) is 8.04. The Hall–Kier alpha value is -1.82. The summed E-state index contributed by atoms with van der Waals surface area (Å²) < 4.78 is 5.48. The number of carbonyl (C=O) groups excluding carboxylic acids is 2. The van der Waals surface area contributed by atoms with E-state index in [2.05, 4.69) is 4.98 Å². The van der Waals surface area contributed by atoms with Crippen molar-refractivity contribution in [2.75, 3.05) is 32.8 Å². The average Bonchev–Trinajstić information content (AvgIpc) is 3.16. The number of amides is 2.